The number of urea groups is 1. The number of amides is 5. The molecule has 0 radical (unpaired) electrons. The highest BCUT2D eigenvalue weighted by atomic mass is 32.2. The van der Waals surface area contributed by atoms with E-state index in [1.165, 1.54) is 65.8 Å². The molecule has 4 rings (SSSR count). The SMILES string of the molecule is CC(=O)N1CCc2c(sc(NC(=O)c3ccc(S(=O)(=O)N4CCOCC4)cc3)c2C(=O)NC(=O)N(C)C)C1. The zero-order chi connectivity index (χ0) is 27.6. The van der Waals surface area contributed by atoms with Gasteiger partial charge in [-0.25, -0.2) is 13.2 Å². The molecule has 0 spiro atoms. The van der Waals surface area contributed by atoms with Crippen LogP contribution in [0, 0.1) is 0 Å². The second-order valence-corrected chi connectivity index (χ2v) is 12.1. The molecule has 2 N–H and O–H groups in total. The largest absolute Gasteiger partial charge is 0.379 e. The monoisotopic (exact) mass is 563 g/mol. The van der Waals surface area contributed by atoms with Gasteiger partial charge in [-0.3, -0.25) is 19.7 Å². The van der Waals surface area contributed by atoms with E-state index in [0.29, 0.717) is 38.3 Å². The van der Waals surface area contributed by atoms with Gasteiger partial charge >= 0.3 is 6.03 Å². The van der Waals surface area contributed by atoms with E-state index < -0.39 is 27.9 Å². The molecule has 1 fully saturated rings. The third-order valence-corrected chi connectivity index (χ3v) is 9.35. The zero-order valence-electron chi connectivity index (χ0n) is 21.3. The van der Waals surface area contributed by atoms with Crippen LogP contribution in [0.5, 0.6) is 0 Å². The van der Waals surface area contributed by atoms with Crippen LogP contribution in [0.25, 0.3) is 0 Å². The minimum Gasteiger partial charge on any atom is -0.379 e. The van der Waals surface area contributed by atoms with Crippen molar-refractivity contribution in [1.82, 2.24) is 19.4 Å². The van der Waals surface area contributed by atoms with Crippen LogP contribution < -0.4 is 10.6 Å². The minimum atomic E-state index is -3.71. The van der Waals surface area contributed by atoms with Crippen LogP contribution in [0.15, 0.2) is 29.2 Å². The summed E-state index contributed by atoms with van der Waals surface area (Å²) < 4.78 is 32.3. The molecule has 204 valence electrons. The van der Waals surface area contributed by atoms with Crippen LogP contribution in [0.3, 0.4) is 0 Å². The van der Waals surface area contributed by atoms with Gasteiger partial charge in [-0.1, -0.05) is 0 Å². The molecule has 0 bridgehead atoms. The van der Waals surface area contributed by atoms with E-state index in [4.69, 9.17) is 4.74 Å². The average Bonchev–Trinajstić information content (AvgIpc) is 3.26. The van der Waals surface area contributed by atoms with Gasteiger partial charge in [0.05, 0.1) is 30.2 Å². The molecule has 0 saturated carbocycles. The standard InChI is InChI=1S/C24H29N5O7S2/c1-15(30)28-9-8-18-19(14-28)37-23(20(18)22(32)26-24(33)27(2)3)25-21(31)16-4-6-17(7-5-16)38(34,35)29-10-12-36-13-11-29/h4-7H,8-14H2,1-3H3,(H,25,31)(H,26,32,33). The zero-order valence-corrected chi connectivity index (χ0v) is 22.9. The fourth-order valence-electron chi connectivity index (χ4n) is 4.16. The van der Waals surface area contributed by atoms with E-state index >= 15 is 0 Å². The maximum Gasteiger partial charge on any atom is 0.323 e. The maximum absolute atomic E-state index is 13.1. The number of anilines is 1. The number of sulfonamides is 1. The molecule has 0 aliphatic carbocycles. The first-order valence-electron chi connectivity index (χ1n) is 11.9. The molecule has 2 aliphatic heterocycles. The summed E-state index contributed by atoms with van der Waals surface area (Å²) in [4.78, 5) is 53.9. The van der Waals surface area contributed by atoms with Crippen molar-refractivity contribution in [2.75, 3.05) is 52.3 Å². The lowest BCUT2D eigenvalue weighted by atomic mass is 10.0. The Bertz CT molecular complexity index is 1360. The van der Waals surface area contributed by atoms with E-state index in [0.717, 1.165) is 4.88 Å². The van der Waals surface area contributed by atoms with Gasteiger partial charge in [-0.15, -0.1) is 11.3 Å². The number of carbonyl (C=O) groups is 4. The number of thiophene rings is 1. The second kappa shape index (κ2) is 11.2. The first kappa shape index (κ1) is 27.7. The Labute approximate surface area is 224 Å². The van der Waals surface area contributed by atoms with E-state index in [1.807, 2.05) is 0 Å². The molecule has 0 atom stereocenters. The number of hydrogen-bond donors (Lipinski definition) is 2. The lowest BCUT2D eigenvalue weighted by Crippen LogP contribution is -2.40. The average molecular weight is 564 g/mol. The molecule has 14 heteroatoms. The van der Waals surface area contributed by atoms with E-state index in [-0.39, 0.29) is 40.0 Å². The Morgan fingerprint density at radius 2 is 1.66 bits per heavy atom. The third kappa shape index (κ3) is 5.72. The van der Waals surface area contributed by atoms with E-state index in [2.05, 4.69) is 10.6 Å². The van der Waals surface area contributed by atoms with E-state index in [1.54, 1.807) is 4.90 Å². The third-order valence-electron chi connectivity index (χ3n) is 6.31. The van der Waals surface area contributed by atoms with Crippen LogP contribution >= 0.6 is 11.3 Å². The van der Waals surface area contributed by atoms with Crippen molar-refractivity contribution >= 4 is 50.1 Å². The summed E-state index contributed by atoms with van der Waals surface area (Å²) in [5.41, 5.74) is 1.06. The first-order chi connectivity index (χ1) is 18.0. The fraction of sp³-hybridized carbons (Fsp3) is 0.417. The number of nitrogens with zero attached hydrogens (tertiary/aromatic N) is 3. The number of imide groups is 1. The molecule has 0 unspecified atom stereocenters. The predicted octanol–water partition coefficient (Wildman–Crippen LogP) is 1.34. The Kier molecular flexibility index (Phi) is 8.16. The van der Waals surface area contributed by atoms with Crippen molar-refractivity contribution in [2.24, 2.45) is 0 Å². The van der Waals surface area contributed by atoms with Gasteiger partial charge in [0.2, 0.25) is 15.9 Å². The van der Waals surface area contributed by atoms with Crippen LogP contribution in [-0.4, -0.2) is 93.2 Å². The van der Waals surface area contributed by atoms with Crippen LogP contribution in [0.4, 0.5) is 9.80 Å². The molecule has 2 aliphatic rings. The number of rotatable bonds is 5. The highest BCUT2D eigenvalue weighted by Crippen LogP contribution is 2.37. The summed E-state index contributed by atoms with van der Waals surface area (Å²) >= 11 is 1.17. The summed E-state index contributed by atoms with van der Waals surface area (Å²) in [5, 5.41) is 5.31. The van der Waals surface area contributed by atoms with Gasteiger partial charge in [-0.2, -0.15) is 4.31 Å². The fourth-order valence-corrected chi connectivity index (χ4v) is 6.83. The molecule has 38 heavy (non-hydrogen) atoms. The van der Waals surface area contributed by atoms with Gasteiger partial charge in [0.1, 0.15) is 5.00 Å². The number of benzene rings is 1. The Balaban J connectivity index is 1.59. The second-order valence-electron chi connectivity index (χ2n) is 9.05. The highest BCUT2D eigenvalue weighted by Gasteiger charge is 2.31. The lowest BCUT2D eigenvalue weighted by molar-refractivity contribution is -0.129. The van der Waals surface area contributed by atoms with E-state index in [9.17, 15) is 27.6 Å². The quantitative estimate of drug-likeness (QED) is 0.558. The molecular weight excluding hydrogens is 534 g/mol. The number of morpholine rings is 1. The molecule has 1 aromatic heterocycles. The van der Waals surface area contributed by atoms with Crippen molar-refractivity contribution in [3.63, 3.8) is 0 Å². The Morgan fingerprint density at radius 3 is 2.26 bits per heavy atom. The summed E-state index contributed by atoms with van der Waals surface area (Å²) in [6.45, 7) is 3.34. The van der Waals surface area contributed by atoms with Gasteiger partial charge in [-0.05, 0) is 36.2 Å². The van der Waals surface area contributed by atoms with Crippen molar-refractivity contribution in [3.8, 4) is 0 Å². The summed E-state index contributed by atoms with van der Waals surface area (Å²) in [5.74, 6) is -1.30. The Morgan fingerprint density at radius 1 is 1.00 bits per heavy atom. The maximum atomic E-state index is 13.1. The first-order valence-corrected chi connectivity index (χ1v) is 14.2. The predicted molar refractivity (Wildman–Crippen MR) is 140 cm³/mol. The van der Waals surface area contributed by atoms with Crippen LogP contribution in [-0.2, 0) is 32.5 Å². The molecule has 12 nitrogen and oxygen atoms in total. The topological polar surface area (TPSA) is 145 Å². The molecule has 5 amide bonds. The molecule has 1 aromatic carbocycles. The molecular formula is C24H29N5O7S2. The van der Waals surface area contributed by atoms with Gasteiger partial charge in [0.15, 0.2) is 0 Å². The molecule has 2 aromatic rings. The van der Waals surface area contributed by atoms with Crippen LogP contribution in [0.2, 0.25) is 0 Å². The van der Waals surface area contributed by atoms with Gasteiger partial charge in [0, 0.05) is 51.1 Å². The molecule has 1 saturated heterocycles. The molecule has 3 heterocycles. The summed E-state index contributed by atoms with van der Waals surface area (Å²) in [6.07, 6.45) is 0.397. The number of fused-ring (bicyclic) bond motifs is 1. The minimum absolute atomic E-state index is 0.0640. The number of hydrogen-bond acceptors (Lipinski definition) is 8. The number of nitrogens with one attached hydrogen (secondary N) is 2. The number of ether oxygens (including phenoxy) is 1. The van der Waals surface area contributed by atoms with Crippen LogP contribution in [0.1, 0.15) is 38.1 Å². The lowest BCUT2D eigenvalue weighted by Gasteiger charge is -2.26. The summed E-state index contributed by atoms with van der Waals surface area (Å²) in [6, 6.07) is 4.94. The summed E-state index contributed by atoms with van der Waals surface area (Å²) in [7, 11) is -0.708. The Hall–Kier alpha value is -3.33. The van der Waals surface area contributed by atoms with Crippen molar-refractivity contribution in [2.45, 2.75) is 24.8 Å². The van der Waals surface area contributed by atoms with Gasteiger partial charge < -0.3 is 19.9 Å². The van der Waals surface area contributed by atoms with Gasteiger partial charge in [0.25, 0.3) is 11.8 Å². The van der Waals surface area contributed by atoms with Crippen molar-refractivity contribution in [3.05, 3.63) is 45.8 Å². The number of carbonyl (C=O) groups excluding carboxylic acids is 4. The smallest absolute Gasteiger partial charge is 0.323 e. The highest BCUT2D eigenvalue weighted by molar-refractivity contribution is 7.89. The van der Waals surface area contributed by atoms with Crippen molar-refractivity contribution < 1.29 is 32.3 Å². The normalized spacial score (nSPS) is 15.9. The van der Waals surface area contributed by atoms with Crippen molar-refractivity contribution in [1.29, 1.82) is 0 Å².